The van der Waals surface area contributed by atoms with Crippen molar-refractivity contribution >= 4 is 11.9 Å². The Balaban J connectivity index is 2.15. The summed E-state index contributed by atoms with van der Waals surface area (Å²) in [6.45, 7) is 7.14. The molecule has 8 atom stereocenters. The van der Waals surface area contributed by atoms with Gasteiger partial charge in [0.15, 0.2) is 0 Å². The first-order chi connectivity index (χ1) is 13.2. The molecule has 2 N–H and O–H groups in total. The van der Waals surface area contributed by atoms with Crippen molar-refractivity contribution in [1.82, 2.24) is 0 Å². The van der Waals surface area contributed by atoms with Gasteiger partial charge in [-0.2, -0.15) is 0 Å². The molecule has 7 heteroatoms. The number of ether oxygens (including phenoxy) is 3. The second-order valence-corrected chi connectivity index (χ2v) is 8.44. The Labute approximate surface area is 167 Å². The maximum atomic E-state index is 12.7. The van der Waals surface area contributed by atoms with Crippen LogP contribution in [0.5, 0.6) is 0 Å². The van der Waals surface area contributed by atoms with Gasteiger partial charge in [-0.3, -0.25) is 9.59 Å². The first kappa shape index (κ1) is 23.1. The zero-order valence-electron chi connectivity index (χ0n) is 17.5. The maximum absolute atomic E-state index is 12.7. The van der Waals surface area contributed by atoms with Crippen molar-refractivity contribution < 1.29 is 34.0 Å². The third kappa shape index (κ3) is 6.42. The lowest BCUT2D eigenvalue weighted by Crippen LogP contribution is -2.33. The van der Waals surface area contributed by atoms with E-state index in [2.05, 4.69) is 0 Å². The molecule has 2 rings (SSSR count). The highest BCUT2D eigenvalue weighted by Crippen LogP contribution is 2.30. The largest absolute Gasteiger partial charge is 0.462 e. The molecule has 8 unspecified atom stereocenters. The fraction of sp³-hybridized carbons (Fsp3) is 0.905. The van der Waals surface area contributed by atoms with Crippen LogP contribution in [0, 0.1) is 11.8 Å². The van der Waals surface area contributed by atoms with E-state index >= 15 is 0 Å². The van der Waals surface area contributed by atoms with Gasteiger partial charge in [0, 0.05) is 12.8 Å². The second-order valence-electron chi connectivity index (χ2n) is 8.44. The van der Waals surface area contributed by atoms with Crippen LogP contribution in [0.25, 0.3) is 0 Å². The number of aliphatic hydroxyl groups is 2. The molecule has 0 saturated carbocycles. The Morgan fingerprint density at radius 1 is 1.00 bits per heavy atom. The number of carbonyl (C=O) groups is 2. The third-order valence-electron chi connectivity index (χ3n) is 6.00. The van der Waals surface area contributed by atoms with E-state index in [4.69, 9.17) is 14.2 Å². The van der Waals surface area contributed by atoms with Crippen LogP contribution in [0.3, 0.4) is 0 Å². The standard InChI is InChI=1S/C21H36O7/c1-5-15(22)11-17-6-8-18(23)13(3)20(24)26-12(2)10-16-7-9-19(27-16)14(4)21(25)28-17/h12-19,22-23H,5-11H2,1-4H3. The van der Waals surface area contributed by atoms with Crippen LogP contribution < -0.4 is 0 Å². The van der Waals surface area contributed by atoms with E-state index in [1.807, 2.05) is 13.8 Å². The van der Waals surface area contributed by atoms with Gasteiger partial charge in [-0.25, -0.2) is 0 Å². The molecule has 28 heavy (non-hydrogen) atoms. The van der Waals surface area contributed by atoms with Gasteiger partial charge in [0.25, 0.3) is 0 Å². The highest BCUT2D eigenvalue weighted by molar-refractivity contribution is 5.73. The number of hydrogen-bond donors (Lipinski definition) is 2. The van der Waals surface area contributed by atoms with Crippen molar-refractivity contribution in [1.29, 1.82) is 0 Å². The minimum Gasteiger partial charge on any atom is -0.462 e. The Morgan fingerprint density at radius 2 is 1.68 bits per heavy atom. The molecule has 0 aromatic carbocycles. The summed E-state index contributed by atoms with van der Waals surface area (Å²) < 4.78 is 17.2. The predicted octanol–water partition coefficient (Wildman–Crippen LogP) is 2.36. The van der Waals surface area contributed by atoms with Crippen LogP contribution in [0.15, 0.2) is 0 Å². The van der Waals surface area contributed by atoms with E-state index in [0.29, 0.717) is 25.7 Å². The molecule has 0 aromatic heterocycles. The normalized spacial score (nSPS) is 39.4. The van der Waals surface area contributed by atoms with Gasteiger partial charge in [0.05, 0.1) is 36.3 Å². The topological polar surface area (TPSA) is 102 Å². The smallest absolute Gasteiger partial charge is 0.311 e. The SMILES string of the molecule is CCC(O)CC1CCC(O)C(C)C(=O)OC(C)CC2CCC(O2)C(C)C(=O)O1. The van der Waals surface area contributed by atoms with E-state index in [1.165, 1.54) is 0 Å². The van der Waals surface area contributed by atoms with Gasteiger partial charge >= 0.3 is 11.9 Å². The second kappa shape index (κ2) is 10.6. The van der Waals surface area contributed by atoms with Crippen LogP contribution in [0.2, 0.25) is 0 Å². The molecule has 0 amide bonds. The summed E-state index contributed by atoms with van der Waals surface area (Å²) in [5.41, 5.74) is 0. The molecule has 2 aliphatic rings. The lowest BCUT2D eigenvalue weighted by Gasteiger charge is -2.25. The number of carbonyl (C=O) groups excluding carboxylic acids is 2. The maximum Gasteiger partial charge on any atom is 0.311 e. The van der Waals surface area contributed by atoms with E-state index < -0.39 is 36.1 Å². The minimum atomic E-state index is -0.894. The number of rotatable bonds is 3. The van der Waals surface area contributed by atoms with Crippen molar-refractivity contribution in [3.05, 3.63) is 0 Å². The van der Waals surface area contributed by atoms with Crippen LogP contribution >= 0.6 is 0 Å². The Bertz CT molecular complexity index is 523. The van der Waals surface area contributed by atoms with E-state index in [1.54, 1.807) is 13.8 Å². The van der Waals surface area contributed by atoms with Crippen molar-refractivity contribution in [3.63, 3.8) is 0 Å². The van der Waals surface area contributed by atoms with E-state index in [0.717, 1.165) is 12.8 Å². The lowest BCUT2D eigenvalue weighted by atomic mass is 9.96. The fourth-order valence-electron chi connectivity index (χ4n) is 3.88. The van der Waals surface area contributed by atoms with Gasteiger partial charge in [0.2, 0.25) is 0 Å². The van der Waals surface area contributed by atoms with Crippen LogP contribution in [0.4, 0.5) is 0 Å². The predicted molar refractivity (Wildman–Crippen MR) is 102 cm³/mol. The molecule has 0 spiro atoms. The van der Waals surface area contributed by atoms with Crippen molar-refractivity contribution in [2.24, 2.45) is 11.8 Å². The molecule has 0 aliphatic carbocycles. The molecule has 0 aromatic rings. The molecule has 2 heterocycles. The average Bonchev–Trinajstić information content (AvgIpc) is 3.11. The fourth-order valence-corrected chi connectivity index (χ4v) is 3.88. The Kier molecular flexibility index (Phi) is 8.71. The summed E-state index contributed by atoms with van der Waals surface area (Å²) in [4.78, 5) is 25.0. The number of esters is 2. The monoisotopic (exact) mass is 400 g/mol. The van der Waals surface area contributed by atoms with Crippen LogP contribution in [0.1, 0.15) is 72.6 Å². The molecule has 2 aliphatic heterocycles. The number of hydrogen-bond acceptors (Lipinski definition) is 7. The van der Waals surface area contributed by atoms with Crippen molar-refractivity contribution in [3.8, 4) is 0 Å². The first-order valence-electron chi connectivity index (χ1n) is 10.6. The number of fused-ring (bicyclic) bond motifs is 2. The average molecular weight is 401 g/mol. The summed E-state index contributed by atoms with van der Waals surface area (Å²) in [6, 6.07) is 0. The molecular weight excluding hydrogens is 364 g/mol. The van der Waals surface area contributed by atoms with Crippen molar-refractivity contribution in [2.75, 3.05) is 0 Å². The summed E-state index contributed by atoms with van der Waals surface area (Å²) in [6.07, 6.45) is 1.09. The quantitative estimate of drug-likeness (QED) is 0.701. The molecule has 2 fully saturated rings. The van der Waals surface area contributed by atoms with Gasteiger partial charge in [-0.15, -0.1) is 0 Å². The van der Waals surface area contributed by atoms with Gasteiger partial charge in [-0.1, -0.05) is 6.92 Å². The van der Waals surface area contributed by atoms with E-state index in [-0.39, 0.29) is 30.7 Å². The van der Waals surface area contributed by atoms with Gasteiger partial charge < -0.3 is 24.4 Å². The van der Waals surface area contributed by atoms with E-state index in [9.17, 15) is 19.8 Å². The summed E-state index contributed by atoms with van der Waals surface area (Å²) >= 11 is 0. The Morgan fingerprint density at radius 3 is 2.36 bits per heavy atom. The molecule has 2 saturated heterocycles. The highest BCUT2D eigenvalue weighted by Gasteiger charge is 2.37. The highest BCUT2D eigenvalue weighted by atomic mass is 16.6. The summed E-state index contributed by atoms with van der Waals surface area (Å²) in [5, 5.41) is 20.4. The third-order valence-corrected chi connectivity index (χ3v) is 6.00. The minimum absolute atomic E-state index is 0.0638. The van der Waals surface area contributed by atoms with Crippen LogP contribution in [-0.2, 0) is 23.8 Å². The molecular formula is C21H36O7. The van der Waals surface area contributed by atoms with Gasteiger partial charge in [0.1, 0.15) is 12.2 Å². The summed E-state index contributed by atoms with van der Waals surface area (Å²) in [5.74, 6) is -1.84. The van der Waals surface area contributed by atoms with Gasteiger partial charge in [-0.05, 0) is 52.9 Å². The van der Waals surface area contributed by atoms with Crippen molar-refractivity contribution in [2.45, 2.75) is 109 Å². The summed E-state index contributed by atoms with van der Waals surface area (Å²) in [7, 11) is 0. The first-order valence-corrected chi connectivity index (χ1v) is 10.6. The molecule has 0 radical (unpaired) electrons. The zero-order chi connectivity index (χ0) is 20.8. The number of cyclic esters (lactones) is 2. The molecule has 7 nitrogen and oxygen atoms in total. The lowest BCUT2D eigenvalue weighted by molar-refractivity contribution is -0.160. The zero-order valence-corrected chi connectivity index (χ0v) is 17.5. The molecule has 2 bridgehead atoms. The van der Waals surface area contributed by atoms with Crippen LogP contribution in [-0.4, -0.2) is 58.8 Å². The number of aliphatic hydroxyl groups excluding tert-OH is 2. The molecule has 162 valence electrons. The Hall–Kier alpha value is -1.18.